The molecule has 138 valence electrons. The number of carboxylic acids is 1. The van der Waals surface area contributed by atoms with Gasteiger partial charge in [-0.1, -0.05) is 6.92 Å². The maximum absolute atomic E-state index is 12.4. The fraction of sp³-hybridized carbons (Fsp3) is 0.889. The van der Waals surface area contributed by atoms with Crippen LogP contribution in [0.2, 0.25) is 0 Å². The van der Waals surface area contributed by atoms with Crippen LogP contribution >= 0.6 is 0 Å². The number of piperidine rings is 1. The first-order valence-electron chi connectivity index (χ1n) is 8.93. The zero-order valence-electron chi connectivity index (χ0n) is 15.3. The summed E-state index contributed by atoms with van der Waals surface area (Å²) in [4.78, 5) is 26.0. The fourth-order valence-electron chi connectivity index (χ4n) is 4.01. The van der Waals surface area contributed by atoms with Crippen molar-refractivity contribution in [3.05, 3.63) is 0 Å². The Labute approximate surface area is 144 Å². The summed E-state index contributed by atoms with van der Waals surface area (Å²) >= 11 is 0. The van der Waals surface area contributed by atoms with Crippen molar-refractivity contribution in [2.45, 2.75) is 77.4 Å². The lowest BCUT2D eigenvalue weighted by atomic mass is 9.60. The molecule has 24 heavy (non-hydrogen) atoms. The highest BCUT2D eigenvalue weighted by Gasteiger charge is 2.58. The summed E-state index contributed by atoms with van der Waals surface area (Å²) in [5, 5.41) is 21.2. The Bertz CT molecular complexity index is 490. The van der Waals surface area contributed by atoms with Crippen molar-refractivity contribution in [2.75, 3.05) is 13.1 Å². The van der Waals surface area contributed by atoms with Gasteiger partial charge in [-0.2, -0.15) is 0 Å². The van der Waals surface area contributed by atoms with Gasteiger partial charge in [0.2, 0.25) is 0 Å². The number of aliphatic hydroxyl groups is 1. The van der Waals surface area contributed by atoms with E-state index in [0.717, 1.165) is 12.8 Å². The number of rotatable bonds is 2. The van der Waals surface area contributed by atoms with Gasteiger partial charge in [0, 0.05) is 13.1 Å². The molecule has 1 atom stereocenters. The van der Waals surface area contributed by atoms with Crippen LogP contribution in [0.5, 0.6) is 0 Å². The Morgan fingerprint density at radius 3 is 2.25 bits per heavy atom. The van der Waals surface area contributed by atoms with Crippen LogP contribution in [0.4, 0.5) is 4.79 Å². The van der Waals surface area contributed by atoms with Gasteiger partial charge >= 0.3 is 12.1 Å². The van der Waals surface area contributed by atoms with E-state index in [0.29, 0.717) is 38.1 Å². The van der Waals surface area contributed by atoms with Gasteiger partial charge in [-0.15, -0.1) is 0 Å². The first kappa shape index (κ1) is 19.0. The van der Waals surface area contributed by atoms with Gasteiger partial charge in [0.05, 0.1) is 5.60 Å². The second-order valence-electron chi connectivity index (χ2n) is 8.61. The molecule has 0 bridgehead atoms. The minimum absolute atomic E-state index is 0.0160. The van der Waals surface area contributed by atoms with E-state index in [4.69, 9.17) is 4.74 Å². The number of amides is 1. The van der Waals surface area contributed by atoms with Crippen molar-refractivity contribution in [3.8, 4) is 0 Å². The van der Waals surface area contributed by atoms with Crippen molar-refractivity contribution in [3.63, 3.8) is 0 Å². The predicted octanol–water partition coefficient (Wildman–Crippen LogP) is 3.03. The Kier molecular flexibility index (Phi) is 5.19. The SMILES string of the molecule is CC1CCC(O)(C2(C(=O)O)CCCN(C(=O)OC(C)(C)C)C2)CC1. The quantitative estimate of drug-likeness (QED) is 0.806. The zero-order valence-corrected chi connectivity index (χ0v) is 15.3. The monoisotopic (exact) mass is 341 g/mol. The number of carboxylic acid groups (broad SMARTS) is 1. The molecule has 1 saturated carbocycles. The average Bonchev–Trinajstić information content (AvgIpc) is 2.48. The third-order valence-corrected chi connectivity index (χ3v) is 5.55. The van der Waals surface area contributed by atoms with Crippen molar-refractivity contribution in [2.24, 2.45) is 11.3 Å². The van der Waals surface area contributed by atoms with Gasteiger partial charge in [0.1, 0.15) is 11.0 Å². The van der Waals surface area contributed by atoms with Crippen LogP contribution in [0.15, 0.2) is 0 Å². The van der Waals surface area contributed by atoms with Gasteiger partial charge in [-0.3, -0.25) is 4.79 Å². The number of carbonyl (C=O) groups is 2. The van der Waals surface area contributed by atoms with E-state index in [9.17, 15) is 19.8 Å². The second-order valence-corrected chi connectivity index (χ2v) is 8.61. The molecule has 0 aromatic heterocycles. The number of hydrogen-bond acceptors (Lipinski definition) is 4. The average molecular weight is 341 g/mol. The summed E-state index contributed by atoms with van der Waals surface area (Å²) in [6.45, 7) is 7.97. The first-order chi connectivity index (χ1) is 11.0. The summed E-state index contributed by atoms with van der Waals surface area (Å²) in [6, 6.07) is 0. The highest BCUT2D eigenvalue weighted by Crippen LogP contribution is 2.49. The van der Waals surface area contributed by atoms with E-state index >= 15 is 0 Å². The third-order valence-electron chi connectivity index (χ3n) is 5.55. The van der Waals surface area contributed by atoms with E-state index < -0.39 is 28.7 Å². The highest BCUT2D eigenvalue weighted by molar-refractivity contribution is 5.78. The molecule has 2 fully saturated rings. The van der Waals surface area contributed by atoms with E-state index in [1.54, 1.807) is 20.8 Å². The van der Waals surface area contributed by atoms with E-state index in [1.165, 1.54) is 4.90 Å². The molecular formula is C18H31NO5. The molecule has 0 radical (unpaired) electrons. The van der Waals surface area contributed by atoms with Crippen LogP contribution in [0.1, 0.15) is 66.2 Å². The largest absolute Gasteiger partial charge is 0.481 e. The van der Waals surface area contributed by atoms with Crippen molar-refractivity contribution < 1.29 is 24.5 Å². The maximum Gasteiger partial charge on any atom is 0.410 e. The maximum atomic E-state index is 12.4. The molecule has 6 nitrogen and oxygen atoms in total. The summed E-state index contributed by atoms with van der Waals surface area (Å²) in [5.74, 6) is -0.505. The Hall–Kier alpha value is -1.30. The summed E-state index contributed by atoms with van der Waals surface area (Å²) in [6.07, 6.45) is 3.04. The molecule has 1 unspecified atom stereocenters. The van der Waals surface area contributed by atoms with E-state index in [-0.39, 0.29) is 6.54 Å². The van der Waals surface area contributed by atoms with E-state index in [1.807, 2.05) is 0 Å². The van der Waals surface area contributed by atoms with Crippen LogP contribution in [0, 0.1) is 11.3 Å². The van der Waals surface area contributed by atoms with Crippen LogP contribution < -0.4 is 0 Å². The summed E-state index contributed by atoms with van der Waals surface area (Å²) in [5.41, 5.74) is -3.19. The van der Waals surface area contributed by atoms with E-state index in [2.05, 4.69) is 6.92 Å². The molecule has 1 amide bonds. The molecule has 1 heterocycles. The Balaban J connectivity index is 2.23. The molecule has 0 aromatic rings. The Morgan fingerprint density at radius 2 is 1.75 bits per heavy atom. The molecule has 0 spiro atoms. The molecule has 0 aromatic carbocycles. The molecule has 6 heteroatoms. The minimum atomic E-state index is -1.30. The molecule has 2 rings (SSSR count). The summed E-state index contributed by atoms with van der Waals surface area (Å²) in [7, 11) is 0. The highest BCUT2D eigenvalue weighted by atomic mass is 16.6. The smallest absolute Gasteiger partial charge is 0.410 e. The zero-order chi connectivity index (χ0) is 18.2. The lowest BCUT2D eigenvalue weighted by molar-refractivity contribution is -0.185. The van der Waals surface area contributed by atoms with Gasteiger partial charge in [-0.05, 0) is 65.2 Å². The van der Waals surface area contributed by atoms with Crippen LogP contribution in [-0.2, 0) is 9.53 Å². The number of ether oxygens (including phenoxy) is 1. The molecule has 1 saturated heterocycles. The lowest BCUT2D eigenvalue weighted by Gasteiger charge is -2.51. The van der Waals surface area contributed by atoms with Crippen LogP contribution in [0.25, 0.3) is 0 Å². The van der Waals surface area contributed by atoms with Gasteiger partial charge in [-0.25, -0.2) is 4.79 Å². The Morgan fingerprint density at radius 1 is 1.17 bits per heavy atom. The topological polar surface area (TPSA) is 87.1 Å². The second kappa shape index (κ2) is 6.54. The van der Waals surface area contributed by atoms with Crippen molar-refractivity contribution >= 4 is 12.1 Å². The fourth-order valence-corrected chi connectivity index (χ4v) is 4.01. The number of hydrogen-bond donors (Lipinski definition) is 2. The molecule has 1 aliphatic carbocycles. The third kappa shape index (κ3) is 3.68. The van der Waals surface area contributed by atoms with Gasteiger partial charge < -0.3 is 19.8 Å². The van der Waals surface area contributed by atoms with Crippen LogP contribution in [0.3, 0.4) is 0 Å². The first-order valence-corrected chi connectivity index (χ1v) is 8.93. The van der Waals surface area contributed by atoms with Crippen molar-refractivity contribution in [1.82, 2.24) is 4.90 Å². The van der Waals surface area contributed by atoms with Crippen LogP contribution in [-0.4, -0.2) is 51.5 Å². The van der Waals surface area contributed by atoms with Gasteiger partial charge in [0.15, 0.2) is 0 Å². The number of likely N-dealkylation sites (tertiary alicyclic amines) is 1. The minimum Gasteiger partial charge on any atom is -0.481 e. The predicted molar refractivity (Wildman–Crippen MR) is 89.7 cm³/mol. The standard InChI is InChI=1S/C18H31NO5/c1-13-6-9-18(23,10-7-13)17(14(20)21)8-5-11-19(12-17)15(22)24-16(2,3)4/h13,23H,5-12H2,1-4H3,(H,20,21). The molecular weight excluding hydrogens is 310 g/mol. The van der Waals surface area contributed by atoms with Crippen molar-refractivity contribution in [1.29, 1.82) is 0 Å². The number of aliphatic carboxylic acids is 1. The van der Waals surface area contributed by atoms with Gasteiger partial charge in [0.25, 0.3) is 0 Å². The molecule has 2 N–H and O–H groups in total. The lowest BCUT2D eigenvalue weighted by Crippen LogP contribution is -2.63. The normalized spacial score (nSPS) is 34.7. The number of nitrogens with zero attached hydrogens (tertiary/aromatic N) is 1. The molecule has 1 aliphatic heterocycles. The number of carbonyl (C=O) groups excluding carboxylic acids is 1. The summed E-state index contributed by atoms with van der Waals surface area (Å²) < 4.78 is 5.40. The molecule has 2 aliphatic rings.